The summed E-state index contributed by atoms with van der Waals surface area (Å²) < 4.78 is 22.7. The number of nitrogens with one attached hydrogen (secondary N) is 1. The molecule has 1 saturated heterocycles. The fourth-order valence-electron chi connectivity index (χ4n) is 3.07. The first kappa shape index (κ1) is 12.4. The van der Waals surface area contributed by atoms with Crippen LogP contribution in [0.3, 0.4) is 0 Å². The molecule has 3 nitrogen and oxygen atoms in total. The van der Waals surface area contributed by atoms with Gasteiger partial charge in [0.05, 0.1) is 11.5 Å². The van der Waals surface area contributed by atoms with Crippen LogP contribution in [0.2, 0.25) is 0 Å². The van der Waals surface area contributed by atoms with Gasteiger partial charge in [-0.1, -0.05) is 19.3 Å². The molecule has 2 atom stereocenters. The molecule has 2 fully saturated rings. The highest BCUT2D eigenvalue weighted by Gasteiger charge is 2.30. The largest absolute Gasteiger partial charge is 0.310 e. The molecule has 0 aromatic carbocycles. The molecule has 2 rings (SSSR count). The Kier molecular flexibility index (Phi) is 3.90. The van der Waals surface area contributed by atoms with Crippen LogP contribution in [0.5, 0.6) is 0 Å². The van der Waals surface area contributed by atoms with Crippen molar-refractivity contribution < 1.29 is 8.42 Å². The average Bonchev–Trinajstić information content (AvgIpc) is 2.59. The molecule has 1 aliphatic heterocycles. The fraction of sp³-hybridized carbons (Fsp3) is 1.00. The minimum absolute atomic E-state index is 0.210. The van der Waals surface area contributed by atoms with Crippen LogP contribution >= 0.6 is 0 Å². The van der Waals surface area contributed by atoms with Crippen molar-refractivity contribution in [2.24, 2.45) is 5.92 Å². The van der Waals surface area contributed by atoms with E-state index in [1.54, 1.807) is 0 Å². The van der Waals surface area contributed by atoms with Gasteiger partial charge >= 0.3 is 0 Å². The van der Waals surface area contributed by atoms with Crippen molar-refractivity contribution in [1.29, 1.82) is 0 Å². The van der Waals surface area contributed by atoms with Crippen molar-refractivity contribution in [3.63, 3.8) is 0 Å². The molecule has 0 spiro atoms. The molecule has 1 N–H and O–H groups in total. The summed E-state index contributed by atoms with van der Waals surface area (Å²) in [4.78, 5) is 0. The summed E-state index contributed by atoms with van der Waals surface area (Å²) >= 11 is 0. The highest BCUT2D eigenvalue weighted by Crippen LogP contribution is 2.27. The van der Waals surface area contributed by atoms with Crippen LogP contribution in [0.4, 0.5) is 0 Å². The van der Waals surface area contributed by atoms with Gasteiger partial charge in [0.25, 0.3) is 0 Å². The van der Waals surface area contributed by atoms with Gasteiger partial charge in [-0.05, 0) is 32.1 Å². The fourth-order valence-corrected chi connectivity index (χ4v) is 4.75. The van der Waals surface area contributed by atoms with E-state index < -0.39 is 9.84 Å². The van der Waals surface area contributed by atoms with Crippen LogP contribution < -0.4 is 5.32 Å². The van der Waals surface area contributed by atoms with Gasteiger partial charge in [0.15, 0.2) is 9.84 Å². The van der Waals surface area contributed by atoms with E-state index in [9.17, 15) is 8.42 Å². The smallest absolute Gasteiger partial charge is 0.151 e. The van der Waals surface area contributed by atoms with E-state index >= 15 is 0 Å². The Balaban J connectivity index is 1.80. The standard InChI is InChI=1S/C12H23NO2S/c1-10(11-5-3-2-4-6-11)13-12-7-8-16(14,15)9-12/h10-13H,2-9H2,1H3. The van der Waals surface area contributed by atoms with Crippen molar-refractivity contribution >= 4 is 9.84 Å². The maximum Gasteiger partial charge on any atom is 0.151 e. The number of rotatable bonds is 3. The van der Waals surface area contributed by atoms with Crippen LogP contribution in [0.25, 0.3) is 0 Å². The number of hydrogen-bond donors (Lipinski definition) is 1. The third-order valence-electron chi connectivity index (χ3n) is 4.09. The minimum Gasteiger partial charge on any atom is -0.310 e. The topological polar surface area (TPSA) is 46.2 Å². The second kappa shape index (κ2) is 5.05. The van der Waals surface area contributed by atoms with Gasteiger partial charge in [-0.3, -0.25) is 0 Å². The van der Waals surface area contributed by atoms with Crippen LogP contribution in [-0.2, 0) is 9.84 Å². The van der Waals surface area contributed by atoms with Gasteiger partial charge in [-0.25, -0.2) is 8.42 Å². The number of sulfone groups is 1. The highest BCUT2D eigenvalue weighted by atomic mass is 32.2. The van der Waals surface area contributed by atoms with E-state index in [1.807, 2.05) is 0 Å². The summed E-state index contributed by atoms with van der Waals surface area (Å²) in [6, 6.07) is 0.695. The molecular formula is C12H23NO2S. The average molecular weight is 245 g/mol. The lowest BCUT2D eigenvalue weighted by Crippen LogP contribution is -2.42. The molecule has 0 aromatic rings. The monoisotopic (exact) mass is 245 g/mol. The van der Waals surface area contributed by atoms with E-state index in [1.165, 1.54) is 32.1 Å². The molecule has 0 amide bonds. The Morgan fingerprint density at radius 2 is 1.81 bits per heavy atom. The molecule has 0 bridgehead atoms. The van der Waals surface area contributed by atoms with E-state index in [2.05, 4.69) is 12.2 Å². The summed E-state index contributed by atoms with van der Waals surface area (Å²) in [5, 5.41) is 3.52. The van der Waals surface area contributed by atoms with Crippen molar-refractivity contribution in [2.45, 2.75) is 57.5 Å². The molecule has 94 valence electrons. The van der Waals surface area contributed by atoms with Crippen molar-refractivity contribution in [3.8, 4) is 0 Å². The van der Waals surface area contributed by atoms with Crippen LogP contribution in [0.15, 0.2) is 0 Å². The van der Waals surface area contributed by atoms with E-state index in [-0.39, 0.29) is 6.04 Å². The number of hydrogen-bond acceptors (Lipinski definition) is 3. The molecule has 1 heterocycles. The molecule has 1 saturated carbocycles. The first-order valence-electron chi connectivity index (χ1n) is 6.53. The predicted molar refractivity (Wildman–Crippen MR) is 66.2 cm³/mol. The zero-order chi connectivity index (χ0) is 11.6. The summed E-state index contributed by atoms with van der Waals surface area (Å²) in [5.74, 6) is 1.49. The molecular weight excluding hydrogens is 222 g/mol. The Hall–Kier alpha value is -0.0900. The Morgan fingerprint density at radius 1 is 1.12 bits per heavy atom. The summed E-state index contributed by atoms with van der Waals surface area (Å²) in [6.07, 6.45) is 7.50. The minimum atomic E-state index is -2.73. The summed E-state index contributed by atoms with van der Waals surface area (Å²) in [5.41, 5.74) is 0. The second-order valence-electron chi connectivity index (χ2n) is 5.45. The molecule has 4 heteroatoms. The molecule has 1 aliphatic carbocycles. The van der Waals surface area contributed by atoms with Crippen LogP contribution in [-0.4, -0.2) is 32.0 Å². The van der Waals surface area contributed by atoms with E-state index in [0.717, 1.165) is 12.3 Å². The Bertz CT molecular complexity index is 320. The molecule has 0 radical (unpaired) electrons. The highest BCUT2D eigenvalue weighted by molar-refractivity contribution is 7.91. The predicted octanol–water partition coefficient (Wildman–Crippen LogP) is 1.73. The van der Waals surface area contributed by atoms with Crippen LogP contribution in [0, 0.1) is 5.92 Å². The van der Waals surface area contributed by atoms with E-state index in [0.29, 0.717) is 17.5 Å². The van der Waals surface area contributed by atoms with Crippen molar-refractivity contribution in [1.82, 2.24) is 5.32 Å². The second-order valence-corrected chi connectivity index (χ2v) is 7.68. The maximum absolute atomic E-state index is 11.4. The quantitative estimate of drug-likeness (QED) is 0.823. The van der Waals surface area contributed by atoms with Crippen molar-refractivity contribution in [3.05, 3.63) is 0 Å². The van der Waals surface area contributed by atoms with Crippen molar-refractivity contribution in [2.75, 3.05) is 11.5 Å². The van der Waals surface area contributed by atoms with Gasteiger partial charge in [0.2, 0.25) is 0 Å². The molecule has 2 aliphatic rings. The lowest BCUT2D eigenvalue weighted by molar-refractivity contribution is 0.268. The summed E-state index contributed by atoms with van der Waals surface area (Å²) in [6.45, 7) is 2.22. The van der Waals surface area contributed by atoms with Gasteiger partial charge in [0, 0.05) is 12.1 Å². The maximum atomic E-state index is 11.4. The lowest BCUT2D eigenvalue weighted by Gasteiger charge is -2.30. The normalized spacial score (nSPS) is 32.7. The Labute approximate surface area is 98.9 Å². The zero-order valence-electron chi connectivity index (χ0n) is 10.1. The van der Waals surface area contributed by atoms with Crippen LogP contribution in [0.1, 0.15) is 45.4 Å². The molecule has 2 unspecified atom stereocenters. The molecule has 0 aromatic heterocycles. The third kappa shape index (κ3) is 3.20. The Morgan fingerprint density at radius 3 is 2.38 bits per heavy atom. The third-order valence-corrected chi connectivity index (χ3v) is 5.86. The molecule has 16 heavy (non-hydrogen) atoms. The zero-order valence-corrected chi connectivity index (χ0v) is 10.9. The van der Waals surface area contributed by atoms with Gasteiger partial charge in [-0.2, -0.15) is 0 Å². The lowest BCUT2D eigenvalue weighted by atomic mass is 9.84. The van der Waals surface area contributed by atoms with E-state index in [4.69, 9.17) is 0 Å². The van der Waals surface area contributed by atoms with Gasteiger partial charge in [0.1, 0.15) is 0 Å². The van der Waals surface area contributed by atoms with Gasteiger partial charge in [-0.15, -0.1) is 0 Å². The first-order valence-corrected chi connectivity index (χ1v) is 8.35. The SMILES string of the molecule is CC(NC1CCS(=O)(=O)C1)C1CCCCC1. The van der Waals surface area contributed by atoms with Gasteiger partial charge < -0.3 is 5.32 Å². The first-order chi connectivity index (χ1) is 7.57. The summed E-state index contributed by atoms with van der Waals surface area (Å²) in [7, 11) is -2.73.